The van der Waals surface area contributed by atoms with Gasteiger partial charge in [0, 0.05) is 93.9 Å². The fraction of sp³-hybridized carbons (Fsp3) is 0.500. The standard InChI is InChI=1S/C66H81Cl2N11O12S/c1-5-6-24-78-60-61(74(4)66(84)79(63(60)83)44-57-69-45(2)49-13-7-8-14-53(49)71-57)72-65(78)75-23-11-12-47(43-75)70-58(80)21-28-85-30-32-87-34-36-89-38-39-90-37-35-88-33-31-86-29-27-73(3)59(81)20-17-46-41-52(68)56(42-51(46)67)91-64-50(22-40-92-64)62(82)77-26-25-76(48-18-19-48)54-15-9-10-16-55(54)77/h7-10,13-16,22,40-42,47-48,58,70,80H,11-12,17-21,23-39,43-44H2,1-4H3. The lowest BCUT2D eigenvalue weighted by Gasteiger charge is -2.38. The van der Waals surface area contributed by atoms with Crippen LogP contribution in [0.1, 0.15) is 72.9 Å². The first kappa shape index (κ1) is 67.9. The van der Waals surface area contributed by atoms with E-state index in [0.29, 0.717) is 168 Å². The average Bonchev–Trinajstić information content (AvgIpc) is 1.58. The van der Waals surface area contributed by atoms with Crippen molar-refractivity contribution in [1.82, 2.24) is 38.9 Å². The van der Waals surface area contributed by atoms with E-state index in [1.807, 2.05) is 59.7 Å². The van der Waals surface area contributed by atoms with Crippen LogP contribution in [0.4, 0.5) is 17.3 Å². The minimum absolute atomic E-state index is 0.0625. The average molecular weight is 1320 g/mol. The first-order chi connectivity index (χ1) is 44.8. The Kier molecular flexibility index (Phi) is 24.5. The normalized spacial score (nSPS) is 15.2. The molecule has 4 aromatic heterocycles. The van der Waals surface area contributed by atoms with Gasteiger partial charge in [0.2, 0.25) is 11.9 Å². The molecule has 2 N–H and O–H groups in total. The number of ether oxygens (including phenoxy) is 7. The molecule has 3 aromatic carbocycles. The summed E-state index contributed by atoms with van der Waals surface area (Å²) in [6.45, 7) is 11.3. The summed E-state index contributed by atoms with van der Waals surface area (Å²) in [5, 5.41) is 18.2. The first-order valence-electron chi connectivity index (χ1n) is 31.4. The van der Waals surface area contributed by atoms with Crippen molar-refractivity contribution in [3.8, 4) is 22.7 Å². The third-order valence-electron chi connectivity index (χ3n) is 16.3. The zero-order valence-corrected chi connectivity index (χ0v) is 54.9. The molecule has 1 saturated carbocycles. The number of anilines is 3. The van der Waals surface area contributed by atoms with Crippen LogP contribution in [0.15, 0.2) is 81.7 Å². The maximum atomic E-state index is 14.2. The van der Waals surface area contributed by atoms with E-state index in [-0.39, 0.29) is 48.5 Å². The van der Waals surface area contributed by atoms with Gasteiger partial charge in [-0.25, -0.2) is 14.8 Å². The number of carbonyl (C=O) groups is 2. The zero-order chi connectivity index (χ0) is 64.5. The number of aliphatic hydroxyl groups is 1. The Morgan fingerprint density at radius 1 is 0.804 bits per heavy atom. The van der Waals surface area contributed by atoms with E-state index in [9.17, 15) is 24.3 Å². The number of carbonyl (C=O) groups excluding carboxylic acids is 2. The number of amides is 2. The third kappa shape index (κ3) is 17.4. The van der Waals surface area contributed by atoms with Crippen molar-refractivity contribution in [3.05, 3.63) is 126 Å². The smallest absolute Gasteiger partial charge is 0.332 e. The SMILES string of the molecule is CC#CCn1c(N2CCCC(NC(O)CCOCCOCCOCCOCCOCCOCCN(C)C(=O)CCc3cc(Cl)c(Oc4sccc4C(=O)N4CCN(C5CC5)c5ccccc54)cc3Cl)C2)nc2c1c(=O)n(Cc1nc(C)c3ccccc3n1)c(=O)n2C. The molecule has 1 aliphatic carbocycles. The van der Waals surface area contributed by atoms with Crippen LogP contribution < -0.4 is 36.0 Å². The van der Waals surface area contributed by atoms with Gasteiger partial charge in [-0.2, -0.15) is 4.98 Å². The molecule has 2 fully saturated rings. The molecular weight excluding hydrogens is 1240 g/mol. The summed E-state index contributed by atoms with van der Waals surface area (Å²) in [7, 11) is 3.34. The number of thiophene rings is 1. The maximum Gasteiger partial charge on any atom is 0.332 e. The van der Waals surface area contributed by atoms with Crippen LogP contribution in [0.3, 0.4) is 0 Å². The summed E-state index contributed by atoms with van der Waals surface area (Å²) >= 11 is 14.7. The predicted octanol–water partition coefficient (Wildman–Crippen LogP) is 7.47. The fourth-order valence-corrected chi connectivity index (χ4v) is 12.6. The van der Waals surface area contributed by atoms with Crippen molar-refractivity contribution >= 4 is 85.7 Å². The molecule has 0 bridgehead atoms. The number of rotatable bonds is 34. The summed E-state index contributed by atoms with van der Waals surface area (Å²) in [6.07, 6.45) is 4.17. The van der Waals surface area contributed by atoms with Gasteiger partial charge < -0.3 is 57.9 Å². The molecule has 0 radical (unpaired) electrons. The highest BCUT2D eigenvalue weighted by Crippen LogP contribution is 2.43. The highest BCUT2D eigenvalue weighted by Gasteiger charge is 2.37. The molecule has 2 aliphatic heterocycles. The zero-order valence-electron chi connectivity index (χ0n) is 52.6. The van der Waals surface area contributed by atoms with Gasteiger partial charge in [0.1, 0.15) is 17.8 Å². The number of hydrogen-bond donors (Lipinski definition) is 2. The van der Waals surface area contributed by atoms with Gasteiger partial charge in [-0.3, -0.25) is 33.4 Å². The molecule has 23 nitrogen and oxygen atoms in total. The maximum absolute atomic E-state index is 14.2. The van der Waals surface area contributed by atoms with Gasteiger partial charge in [0.15, 0.2) is 16.2 Å². The number of imidazole rings is 1. The van der Waals surface area contributed by atoms with Crippen LogP contribution in [0.5, 0.6) is 10.8 Å². The number of piperidine rings is 1. The van der Waals surface area contributed by atoms with Gasteiger partial charge in [-0.05, 0) is 87.2 Å². The molecule has 492 valence electrons. The molecule has 26 heteroatoms. The van der Waals surface area contributed by atoms with Crippen LogP contribution in [0, 0.1) is 18.8 Å². The molecule has 10 rings (SSSR count). The van der Waals surface area contributed by atoms with Gasteiger partial charge in [0.05, 0.1) is 120 Å². The summed E-state index contributed by atoms with van der Waals surface area (Å²) in [5.74, 6) is 7.04. The number of para-hydroxylation sites is 3. The number of fused-ring (bicyclic) bond motifs is 3. The number of aliphatic hydroxyl groups excluding tert-OH is 1. The Balaban J connectivity index is 0.530. The third-order valence-corrected chi connectivity index (χ3v) is 17.8. The van der Waals surface area contributed by atoms with E-state index in [4.69, 9.17) is 61.3 Å². The molecule has 2 atom stereocenters. The number of halogens is 2. The van der Waals surface area contributed by atoms with E-state index in [2.05, 4.69) is 43.0 Å². The van der Waals surface area contributed by atoms with Gasteiger partial charge in [-0.15, -0.1) is 17.3 Å². The number of nitrogens with one attached hydrogen (secondary N) is 1. The minimum atomic E-state index is -0.808. The number of aryl methyl sites for hydroxylation is 3. The van der Waals surface area contributed by atoms with Crippen molar-refractivity contribution < 1.29 is 47.9 Å². The fourth-order valence-electron chi connectivity index (χ4n) is 11.3. The second kappa shape index (κ2) is 33.2. The lowest BCUT2D eigenvalue weighted by atomic mass is 10.1. The van der Waals surface area contributed by atoms with Crippen molar-refractivity contribution in [2.45, 2.75) is 90.2 Å². The quantitative estimate of drug-likeness (QED) is 0.0226. The largest absolute Gasteiger partial charge is 0.444 e. The van der Waals surface area contributed by atoms with Crippen molar-refractivity contribution in [2.24, 2.45) is 7.05 Å². The van der Waals surface area contributed by atoms with Crippen molar-refractivity contribution in [1.29, 1.82) is 0 Å². The van der Waals surface area contributed by atoms with Gasteiger partial charge in [0.25, 0.3) is 11.5 Å². The molecule has 1 saturated heterocycles. The van der Waals surface area contributed by atoms with Crippen LogP contribution in [-0.2, 0) is 59.8 Å². The second-order valence-corrected chi connectivity index (χ2v) is 24.5. The lowest BCUT2D eigenvalue weighted by Crippen LogP contribution is -2.50. The Morgan fingerprint density at radius 2 is 1.48 bits per heavy atom. The summed E-state index contributed by atoms with van der Waals surface area (Å²) < 4.78 is 44.5. The predicted molar refractivity (Wildman–Crippen MR) is 355 cm³/mol. The Morgan fingerprint density at radius 3 is 2.18 bits per heavy atom. The van der Waals surface area contributed by atoms with Crippen molar-refractivity contribution in [2.75, 3.05) is 134 Å². The molecule has 92 heavy (non-hydrogen) atoms. The monoisotopic (exact) mass is 1320 g/mol. The minimum Gasteiger partial charge on any atom is -0.444 e. The highest BCUT2D eigenvalue weighted by molar-refractivity contribution is 7.12. The number of aromatic nitrogens is 6. The first-order valence-corrected chi connectivity index (χ1v) is 33.0. The van der Waals surface area contributed by atoms with E-state index >= 15 is 0 Å². The number of likely N-dealkylation sites (N-methyl/N-ethyl adjacent to an activating group) is 1. The van der Waals surface area contributed by atoms with Crippen LogP contribution >= 0.6 is 34.5 Å². The Hall–Kier alpha value is -6.99. The number of hydrogen-bond acceptors (Lipinski definition) is 19. The van der Waals surface area contributed by atoms with Crippen molar-refractivity contribution in [3.63, 3.8) is 0 Å². The Labute approximate surface area is 549 Å². The number of nitrogens with zero attached hydrogens (tertiary/aromatic N) is 10. The van der Waals surface area contributed by atoms with E-state index in [1.54, 1.807) is 48.7 Å². The van der Waals surface area contributed by atoms with E-state index in [1.165, 1.54) is 28.7 Å². The molecule has 6 heterocycles. The summed E-state index contributed by atoms with van der Waals surface area (Å²) in [4.78, 5) is 77.0. The molecule has 7 aromatic rings. The van der Waals surface area contributed by atoms with Crippen LogP contribution in [-0.4, -0.2) is 188 Å². The topological polar surface area (TPSA) is 232 Å². The van der Waals surface area contributed by atoms with Crippen LogP contribution in [0.2, 0.25) is 10.0 Å². The molecule has 0 spiro atoms. The molecule has 2 amide bonds. The Bertz CT molecular complexity index is 3850. The van der Waals surface area contributed by atoms with E-state index in [0.717, 1.165) is 51.9 Å². The highest BCUT2D eigenvalue weighted by atomic mass is 35.5. The molecular formula is C66H81Cl2N11O12S. The number of benzene rings is 3. The van der Waals surface area contributed by atoms with Gasteiger partial charge in [-0.1, -0.05) is 59.5 Å². The lowest BCUT2D eigenvalue weighted by molar-refractivity contribution is -0.130. The summed E-state index contributed by atoms with van der Waals surface area (Å²) in [5.41, 5.74) is 4.16. The van der Waals surface area contributed by atoms with E-state index < -0.39 is 17.5 Å². The van der Waals surface area contributed by atoms with Gasteiger partial charge >= 0.3 is 5.69 Å². The molecule has 2 unspecified atom stereocenters. The summed E-state index contributed by atoms with van der Waals surface area (Å²) in [6, 6.07) is 21.3. The second-order valence-electron chi connectivity index (χ2n) is 22.8. The molecule has 3 aliphatic rings. The van der Waals surface area contributed by atoms with Crippen LogP contribution in [0.25, 0.3) is 22.1 Å².